The third-order valence-corrected chi connectivity index (χ3v) is 10.4. The Kier molecular flexibility index (Phi) is 6.92. The second-order valence-electron chi connectivity index (χ2n) is 13.4. The fourth-order valence-corrected chi connectivity index (χ4v) is 7.87. The predicted molar refractivity (Wildman–Crippen MR) is 215 cm³/mol. The van der Waals surface area contributed by atoms with Crippen molar-refractivity contribution in [3.63, 3.8) is 0 Å². The summed E-state index contributed by atoms with van der Waals surface area (Å²) in [6.45, 7) is 0. The molecule has 0 N–H and O–H groups in total. The zero-order chi connectivity index (χ0) is 33.7. The monoisotopic (exact) mass is 650 g/mol. The van der Waals surface area contributed by atoms with Crippen molar-refractivity contribution in [1.82, 2.24) is 9.13 Å². The Morgan fingerprint density at radius 3 is 0.863 bits per heavy atom. The number of benzene rings is 8. The zero-order valence-corrected chi connectivity index (χ0v) is 28.1. The van der Waals surface area contributed by atoms with E-state index in [-0.39, 0.29) is 0 Å². The minimum Gasteiger partial charge on any atom is -0.309 e. The lowest BCUT2D eigenvalue weighted by molar-refractivity contribution is 1.15. The van der Waals surface area contributed by atoms with Gasteiger partial charge in [0, 0.05) is 32.9 Å². The van der Waals surface area contributed by atoms with Gasteiger partial charge in [0.1, 0.15) is 0 Å². The number of rotatable bonds is 6. The van der Waals surface area contributed by atoms with Gasteiger partial charge in [-0.25, -0.2) is 0 Å². The smallest absolute Gasteiger partial charge is 0.0541 e. The largest absolute Gasteiger partial charge is 0.309 e. The lowest BCUT2D eigenvalue weighted by Crippen LogP contribution is -1.95. The van der Waals surface area contributed by atoms with Gasteiger partial charge in [-0.1, -0.05) is 146 Å². The molecule has 2 nitrogen and oxygen atoms in total. The van der Waals surface area contributed by atoms with Gasteiger partial charge >= 0.3 is 0 Å². The first-order valence-corrected chi connectivity index (χ1v) is 17.6. The molecule has 240 valence electrons. The summed E-state index contributed by atoms with van der Waals surface area (Å²) < 4.78 is 4.74. The molecule has 0 saturated heterocycles. The van der Waals surface area contributed by atoms with Gasteiger partial charge in [-0.2, -0.15) is 0 Å². The van der Waals surface area contributed by atoms with E-state index in [1.165, 1.54) is 88.4 Å². The summed E-state index contributed by atoms with van der Waals surface area (Å²) >= 11 is 0. The maximum absolute atomic E-state index is 2.37. The van der Waals surface area contributed by atoms with Gasteiger partial charge in [-0.3, -0.25) is 0 Å². The fraction of sp³-hybridized carbons (Fsp3) is 0.0204. The first-order valence-electron chi connectivity index (χ1n) is 17.6. The minimum absolute atomic E-state index is 0.900. The molecule has 2 heteroatoms. The highest BCUT2D eigenvalue weighted by Gasteiger charge is 2.13. The lowest BCUT2D eigenvalue weighted by Gasteiger charge is -2.10. The summed E-state index contributed by atoms with van der Waals surface area (Å²) in [7, 11) is 0. The van der Waals surface area contributed by atoms with Gasteiger partial charge in [0.05, 0.1) is 22.1 Å². The summed E-state index contributed by atoms with van der Waals surface area (Å²) in [6.07, 6.45) is 0.900. The van der Waals surface area contributed by atoms with E-state index in [0.717, 1.165) is 6.42 Å². The molecule has 0 fully saturated rings. The molecule has 0 bridgehead atoms. The molecule has 0 aliphatic carbocycles. The first-order chi connectivity index (χ1) is 25.3. The standard InChI is InChI=1S/C49H34N2/c1-5-13-46-42(9-1)43-10-2-6-14-47(43)50(46)40-29-19-35(20-30-40)33-34-17-21-36(22-18-34)37-23-25-38(26-24-37)39-27-31-41(32-28-39)51-48-15-7-3-11-44(48)45-12-4-8-16-49(45)51/h1-32H,33H2. The Morgan fingerprint density at radius 1 is 0.255 bits per heavy atom. The average Bonchev–Trinajstić information content (AvgIpc) is 3.72. The van der Waals surface area contributed by atoms with Crippen molar-refractivity contribution >= 4 is 43.6 Å². The fourth-order valence-electron chi connectivity index (χ4n) is 7.87. The van der Waals surface area contributed by atoms with E-state index < -0.39 is 0 Å². The molecule has 2 aromatic heterocycles. The van der Waals surface area contributed by atoms with Crippen LogP contribution in [0.4, 0.5) is 0 Å². The molecule has 2 heterocycles. The van der Waals surface area contributed by atoms with Crippen molar-refractivity contribution in [3.8, 4) is 33.6 Å². The Labute approximate surface area is 297 Å². The Morgan fingerprint density at radius 2 is 0.510 bits per heavy atom. The summed E-state index contributed by atoms with van der Waals surface area (Å²) in [5.41, 5.74) is 14.8. The Bertz CT molecular complexity index is 2730. The van der Waals surface area contributed by atoms with Crippen LogP contribution in [0.5, 0.6) is 0 Å². The van der Waals surface area contributed by atoms with Crippen LogP contribution in [-0.2, 0) is 6.42 Å². The van der Waals surface area contributed by atoms with Crippen LogP contribution in [0, 0.1) is 0 Å². The van der Waals surface area contributed by atoms with Crippen molar-refractivity contribution < 1.29 is 0 Å². The molecule has 0 amide bonds. The maximum atomic E-state index is 2.37. The van der Waals surface area contributed by atoms with E-state index in [9.17, 15) is 0 Å². The van der Waals surface area contributed by atoms with Gasteiger partial charge in [-0.15, -0.1) is 0 Å². The summed E-state index contributed by atoms with van der Waals surface area (Å²) in [5.74, 6) is 0. The quantitative estimate of drug-likeness (QED) is 0.169. The van der Waals surface area contributed by atoms with Crippen molar-refractivity contribution in [2.24, 2.45) is 0 Å². The zero-order valence-electron chi connectivity index (χ0n) is 28.1. The topological polar surface area (TPSA) is 9.86 Å². The van der Waals surface area contributed by atoms with Crippen molar-refractivity contribution in [2.45, 2.75) is 6.42 Å². The molecular weight excluding hydrogens is 617 g/mol. The van der Waals surface area contributed by atoms with Crippen LogP contribution in [0.15, 0.2) is 194 Å². The SMILES string of the molecule is c1ccc2c(c1)c1ccccc1n2-c1ccc(Cc2ccc(-c3ccc(-c4ccc(-n5c6ccccc6c6ccccc65)cc4)cc3)cc2)cc1. The number of fused-ring (bicyclic) bond motifs is 6. The Balaban J connectivity index is 0.855. The second kappa shape index (κ2) is 12.0. The lowest BCUT2D eigenvalue weighted by atomic mass is 9.98. The van der Waals surface area contributed by atoms with Crippen LogP contribution >= 0.6 is 0 Å². The predicted octanol–water partition coefficient (Wildman–Crippen LogP) is 12.8. The highest BCUT2D eigenvalue weighted by atomic mass is 15.0. The molecule has 10 aromatic rings. The molecule has 51 heavy (non-hydrogen) atoms. The summed E-state index contributed by atoms with van der Waals surface area (Å²) in [4.78, 5) is 0. The third kappa shape index (κ3) is 5.04. The normalized spacial score (nSPS) is 11.6. The summed E-state index contributed by atoms with van der Waals surface area (Å²) in [5, 5.41) is 5.14. The third-order valence-electron chi connectivity index (χ3n) is 10.4. The molecular formula is C49H34N2. The molecule has 8 aromatic carbocycles. The van der Waals surface area contributed by atoms with Gasteiger partial charge in [0.2, 0.25) is 0 Å². The number of para-hydroxylation sites is 4. The van der Waals surface area contributed by atoms with Crippen LogP contribution in [0.1, 0.15) is 11.1 Å². The first kappa shape index (κ1) is 29.3. The molecule has 0 atom stereocenters. The molecule has 0 spiro atoms. The van der Waals surface area contributed by atoms with Crippen LogP contribution in [0.25, 0.3) is 77.2 Å². The van der Waals surface area contributed by atoms with Crippen molar-refractivity contribution in [3.05, 3.63) is 205 Å². The number of nitrogens with zero attached hydrogens (tertiary/aromatic N) is 2. The Hall–Kier alpha value is -6.64. The van der Waals surface area contributed by atoms with E-state index in [2.05, 4.69) is 203 Å². The molecule has 0 radical (unpaired) electrons. The molecule has 0 saturated carbocycles. The highest BCUT2D eigenvalue weighted by Crippen LogP contribution is 2.34. The number of hydrogen-bond donors (Lipinski definition) is 0. The van der Waals surface area contributed by atoms with Gasteiger partial charge in [-0.05, 0) is 88.3 Å². The van der Waals surface area contributed by atoms with Gasteiger partial charge in [0.25, 0.3) is 0 Å². The van der Waals surface area contributed by atoms with E-state index in [4.69, 9.17) is 0 Å². The molecule has 0 unspecified atom stereocenters. The molecule has 0 aliphatic rings. The van der Waals surface area contributed by atoms with E-state index >= 15 is 0 Å². The number of aromatic nitrogens is 2. The summed E-state index contributed by atoms with van der Waals surface area (Å²) in [6, 6.07) is 70.6. The molecule has 10 rings (SSSR count). The van der Waals surface area contributed by atoms with E-state index in [1.54, 1.807) is 0 Å². The second-order valence-corrected chi connectivity index (χ2v) is 13.4. The average molecular weight is 651 g/mol. The van der Waals surface area contributed by atoms with E-state index in [1.807, 2.05) is 0 Å². The van der Waals surface area contributed by atoms with E-state index in [0.29, 0.717) is 0 Å². The van der Waals surface area contributed by atoms with Gasteiger partial charge < -0.3 is 9.13 Å². The van der Waals surface area contributed by atoms with Crippen LogP contribution in [0.2, 0.25) is 0 Å². The van der Waals surface area contributed by atoms with Crippen molar-refractivity contribution in [2.75, 3.05) is 0 Å². The number of hydrogen-bond acceptors (Lipinski definition) is 0. The van der Waals surface area contributed by atoms with Crippen molar-refractivity contribution in [1.29, 1.82) is 0 Å². The minimum atomic E-state index is 0.900. The maximum Gasteiger partial charge on any atom is 0.0541 e. The van der Waals surface area contributed by atoms with Crippen LogP contribution in [0.3, 0.4) is 0 Å². The van der Waals surface area contributed by atoms with Crippen LogP contribution < -0.4 is 0 Å². The molecule has 0 aliphatic heterocycles. The van der Waals surface area contributed by atoms with Crippen LogP contribution in [-0.4, -0.2) is 9.13 Å². The van der Waals surface area contributed by atoms with Gasteiger partial charge in [0.15, 0.2) is 0 Å². The highest BCUT2D eigenvalue weighted by molar-refractivity contribution is 6.10.